The fourth-order valence-electron chi connectivity index (χ4n) is 5.67. The van der Waals surface area contributed by atoms with Crippen LogP contribution in [0.2, 0.25) is 0 Å². The molecule has 3 nitrogen and oxygen atoms in total. The highest BCUT2D eigenvalue weighted by Gasteiger charge is 2.43. The van der Waals surface area contributed by atoms with E-state index in [1.54, 1.807) is 5.56 Å². The van der Waals surface area contributed by atoms with Crippen LogP contribution >= 0.6 is 0 Å². The van der Waals surface area contributed by atoms with Crippen molar-refractivity contribution >= 4 is 5.91 Å². The molecule has 2 heterocycles. The van der Waals surface area contributed by atoms with Gasteiger partial charge in [0.2, 0.25) is 5.91 Å². The molecule has 0 unspecified atom stereocenters. The Morgan fingerprint density at radius 2 is 1.79 bits per heavy atom. The molecule has 3 heteroatoms. The Labute approximate surface area is 171 Å². The lowest BCUT2D eigenvalue weighted by molar-refractivity contribution is -0.136. The molecule has 0 radical (unpaired) electrons. The fourth-order valence-corrected chi connectivity index (χ4v) is 5.67. The number of carbonyl (C=O) groups excluding carboxylic acids is 1. The molecule has 2 aliphatic heterocycles. The molecule has 0 saturated carbocycles. The molecule has 3 aliphatic rings. The molecule has 1 aromatic carbocycles. The zero-order chi connectivity index (χ0) is 19.8. The van der Waals surface area contributed by atoms with Crippen molar-refractivity contribution in [2.45, 2.75) is 83.6 Å². The van der Waals surface area contributed by atoms with Crippen LogP contribution in [0.1, 0.15) is 89.3 Å². The van der Waals surface area contributed by atoms with Crippen molar-refractivity contribution in [1.29, 1.82) is 0 Å². The smallest absolute Gasteiger partial charge is 0.223 e. The van der Waals surface area contributed by atoms with E-state index in [2.05, 4.69) is 54.8 Å². The molecule has 2 saturated heterocycles. The zero-order valence-electron chi connectivity index (χ0n) is 18.2. The van der Waals surface area contributed by atoms with Gasteiger partial charge in [-0.05, 0) is 86.5 Å². The summed E-state index contributed by atoms with van der Waals surface area (Å²) in [5, 5.41) is 0. The lowest BCUT2D eigenvalue weighted by Crippen LogP contribution is -2.48. The molecular formula is C25H38N2O. The van der Waals surface area contributed by atoms with E-state index in [4.69, 9.17) is 0 Å². The van der Waals surface area contributed by atoms with Crippen molar-refractivity contribution in [2.24, 2.45) is 5.41 Å². The zero-order valence-corrected chi connectivity index (χ0v) is 18.2. The van der Waals surface area contributed by atoms with Gasteiger partial charge in [0.1, 0.15) is 0 Å². The van der Waals surface area contributed by atoms with E-state index in [1.165, 1.54) is 50.9 Å². The van der Waals surface area contributed by atoms with Crippen molar-refractivity contribution in [1.82, 2.24) is 9.80 Å². The van der Waals surface area contributed by atoms with Gasteiger partial charge in [-0.1, -0.05) is 45.0 Å². The summed E-state index contributed by atoms with van der Waals surface area (Å²) >= 11 is 0. The van der Waals surface area contributed by atoms with Crippen molar-refractivity contribution in [3.05, 3.63) is 35.4 Å². The van der Waals surface area contributed by atoms with Crippen LogP contribution in [0, 0.1) is 5.41 Å². The number of rotatable bonds is 3. The summed E-state index contributed by atoms with van der Waals surface area (Å²) < 4.78 is 0. The highest BCUT2D eigenvalue weighted by Crippen LogP contribution is 2.50. The fraction of sp³-hybridized carbons (Fsp3) is 0.720. The van der Waals surface area contributed by atoms with Crippen LogP contribution in [-0.4, -0.2) is 41.9 Å². The number of nitrogens with zero attached hydrogens (tertiary/aromatic N) is 2. The van der Waals surface area contributed by atoms with E-state index >= 15 is 0 Å². The second-order valence-corrected chi connectivity index (χ2v) is 10.6. The van der Waals surface area contributed by atoms with E-state index in [9.17, 15) is 4.79 Å². The molecule has 1 atom stereocenters. The monoisotopic (exact) mass is 382 g/mol. The van der Waals surface area contributed by atoms with E-state index in [0.29, 0.717) is 22.8 Å². The lowest BCUT2D eigenvalue weighted by Gasteiger charge is -2.49. The first-order chi connectivity index (χ1) is 13.4. The molecule has 1 aromatic rings. The summed E-state index contributed by atoms with van der Waals surface area (Å²) in [6.45, 7) is 11.7. The van der Waals surface area contributed by atoms with Crippen molar-refractivity contribution in [3.8, 4) is 0 Å². The van der Waals surface area contributed by atoms with Gasteiger partial charge in [0.05, 0.1) is 6.04 Å². The molecule has 0 N–H and O–H groups in total. The Balaban J connectivity index is 1.50. The number of likely N-dealkylation sites (tertiary alicyclic amines) is 2. The maximum absolute atomic E-state index is 12.6. The molecule has 4 rings (SSSR count). The van der Waals surface area contributed by atoms with Gasteiger partial charge >= 0.3 is 0 Å². The highest BCUT2D eigenvalue weighted by molar-refractivity contribution is 5.77. The minimum Gasteiger partial charge on any atom is -0.336 e. The molecule has 1 spiro atoms. The number of hydrogen-bond acceptors (Lipinski definition) is 2. The third-order valence-electron chi connectivity index (χ3n) is 7.51. The van der Waals surface area contributed by atoms with Gasteiger partial charge in [0, 0.05) is 13.0 Å². The van der Waals surface area contributed by atoms with E-state index in [0.717, 1.165) is 32.2 Å². The summed E-state index contributed by atoms with van der Waals surface area (Å²) in [6.07, 6.45) is 9.18. The molecule has 2 fully saturated rings. The Hall–Kier alpha value is -1.35. The van der Waals surface area contributed by atoms with E-state index in [1.807, 2.05) is 0 Å². The van der Waals surface area contributed by atoms with Gasteiger partial charge in [0.15, 0.2) is 0 Å². The Bertz CT molecular complexity index is 697. The quantitative estimate of drug-likeness (QED) is 0.708. The number of hydrogen-bond donors (Lipinski definition) is 0. The normalized spacial score (nSPS) is 25.8. The molecule has 0 aromatic heterocycles. The van der Waals surface area contributed by atoms with Crippen LogP contribution in [0.25, 0.3) is 0 Å². The maximum atomic E-state index is 12.6. The summed E-state index contributed by atoms with van der Waals surface area (Å²) in [6, 6.07) is 9.40. The SMILES string of the molecule is CC(C)(C)CCN1CCC2(CC[C@H](N3CCCCC3=O)c3ccccc32)CC1. The average molecular weight is 383 g/mol. The summed E-state index contributed by atoms with van der Waals surface area (Å²) in [7, 11) is 0. The summed E-state index contributed by atoms with van der Waals surface area (Å²) in [4.78, 5) is 17.5. The lowest BCUT2D eigenvalue weighted by atomic mass is 9.63. The number of benzene rings is 1. The van der Waals surface area contributed by atoms with Crippen LogP contribution in [-0.2, 0) is 10.2 Å². The van der Waals surface area contributed by atoms with E-state index < -0.39 is 0 Å². The summed E-state index contributed by atoms with van der Waals surface area (Å²) in [5.41, 5.74) is 3.76. The van der Waals surface area contributed by atoms with Gasteiger partial charge in [-0.2, -0.15) is 0 Å². The second kappa shape index (κ2) is 7.82. The highest BCUT2D eigenvalue weighted by atomic mass is 16.2. The van der Waals surface area contributed by atoms with Crippen LogP contribution < -0.4 is 0 Å². The van der Waals surface area contributed by atoms with Crippen LogP contribution in [0.3, 0.4) is 0 Å². The number of piperidine rings is 2. The van der Waals surface area contributed by atoms with E-state index in [-0.39, 0.29) is 0 Å². The predicted octanol–water partition coefficient (Wildman–Crippen LogP) is 5.30. The number of fused-ring (bicyclic) bond motifs is 2. The van der Waals surface area contributed by atoms with Gasteiger partial charge in [-0.15, -0.1) is 0 Å². The third kappa shape index (κ3) is 4.01. The molecule has 1 amide bonds. The Morgan fingerprint density at radius 3 is 2.50 bits per heavy atom. The third-order valence-corrected chi connectivity index (χ3v) is 7.51. The summed E-state index contributed by atoms with van der Waals surface area (Å²) in [5.74, 6) is 0.374. The van der Waals surface area contributed by atoms with Gasteiger partial charge in [-0.25, -0.2) is 0 Å². The Morgan fingerprint density at radius 1 is 1.04 bits per heavy atom. The van der Waals surface area contributed by atoms with Gasteiger partial charge in [0.25, 0.3) is 0 Å². The van der Waals surface area contributed by atoms with Crippen molar-refractivity contribution in [3.63, 3.8) is 0 Å². The minimum absolute atomic E-state index is 0.313. The first kappa shape index (κ1) is 19.9. The first-order valence-electron chi connectivity index (χ1n) is 11.5. The predicted molar refractivity (Wildman–Crippen MR) is 115 cm³/mol. The first-order valence-corrected chi connectivity index (χ1v) is 11.5. The molecule has 28 heavy (non-hydrogen) atoms. The molecule has 154 valence electrons. The van der Waals surface area contributed by atoms with Crippen LogP contribution in [0.4, 0.5) is 0 Å². The second-order valence-electron chi connectivity index (χ2n) is 10.6. The maximum Gasteiger partial charge on any atom is 0.223 e. The average Bonchev–Trinajstić information content (AvgIpc) is 2.68. The standard InChI is InChI=1S/C25H38N2O/c1-24(2,3)13-17-26-18-14-25(15-19-26)12-11-22(20-8-4-5-9-21(20)25)27-16-7-6-10-23(27)28/h4-5,8-9,22H,6-7,10-19H2,1-3H3/t22-/m0/s1. The largest absolute Gasteiger partial charge is 0.336 e. The topological polar surface area (TPSA) is 23.6 Å². The molecule has 0 bridgehead atoms. The Kier molecular flexibility index (Phi) is 5.57. The minimum atomic E-state index is 0.313. The van der Waals surface area contributed by atoms with Crippen molar-refractivity contribution < 1.29 is 4.79 Å². The van der Waals surface area contributed by atoms with Gasteiger partial charge in [-0.3, -0.25) is 4.79 Å². The molecule has 1 aliphatic carbocycles. The van der Waals surface area contributed by atoms with Crippen LogP contribution in [0.15, 0.2) is 24.3 Å². The van der Waals surface area contributed by atoms with Crippen molar-refractivity contribution in [2.75, 3.05) is 26.2 Å². The molecular weight excluding hydrogens is 344 g/mol. The van der Waals surface area contributed by atoms with Gasteiger partial charge < -0.3 is 9.80 Å². The number of amides is 1. The number of carbonyl (C=O) groups is 1. The van der Waals surface area contributed by atoms with Crippen LogP contribution in [0.5, 0.6) is 0 Å².